The predicted molar refractivity (Wildman–Crippen MR) is 90.8 cm³/mol. The Morgan fingerprint density at radius 3 is 2.27 bits per heavy atom. The van der Waals surface area contributed by atoms with Crippen molar-refractivity contribution < 1.29 is 13.2 Å². The molecule has 0 heterocycles. The lowest BCUT2D eigenvalue weighted by Gasteiger charge is -2.07. The van der Waals surface area contributed by atoms with Crippen LogP contribution in [-0.4, -0.2) is 26.3 Å². The van der Waals surface area contributed by atoms with Gasteiger partial charge in [-0.2, -0.15) is 0 Å². The molecule has 22 heavy (non-hydrogen) atoms. The summed E-state index contributed by atoms with van der Waals surface area (Å²) < 4.78 is 24.1. The summed E-state index contributed by atoms with van der Waals surface area (Å²) in [4.78, 5) is 13.0. The molecule has 0 aliphatic rings. The van der Waals surface area contributed by atoms with E-state index in [-0.39, 0.29) is 5.75 Å². The van der Waals surface area contributed by atoms with Crippen LogP contribution in [0.1, 0.15) is 5.56 Å². The third-order valence-electron chi connectivity index (χ3n) is 2.95. The molecule has 0 bridgehead atoms. The van der Waals surface area contributed by atoms with Gasteiger partial charge in [0.05, 0.1) is 5.75 Å². The zero-order valence-corrected chi connectivity index (χ0v) is 13.8. The molecule has 0 aromatic heterocycles. The van der Waals surface area contributed by atoms with Gasteiger partial charge in [-0.05, 0) is 36.1 Å². The average Bonchev–Trinajstić information content (AvgIpc) is 2.47. The van der Waals surface area contributed by atoms with Crippen molar-refractivity contribution in [2.75, 3.05) is 17.3 Å². The molecule has 0 saturated carbocycles. The molecule has 2 rings (SSSR count). The maximum Gasteiger partial charge on any atom is 0.239 e. The first-order valence-corrected chi connectivity index (χ1v) is 9.71. The summed E-state index contributed by atoms with van der Waals surface area (Å²) in [5.74, 6) is -1.17. The van der Waals surface area contributed by atoms with Gasteiger partial charge in [0.1, 0.15) is 5.75 Å². The van der Waals surface area contributed by atoms with Gasteiger partial charge >= 0.3 is 0 Å². The lowest BCUT2D eigenvalue weighted by molar-refractivity contribution is -0.113. The Morgan fingerprint density at radius 2 is 1.68 bits per heavy atom. The third-order valence-corrected chi connectivity index (χ3v) is 5.17. The molecular formula is C16H17NO3S2. The van der Waals surface area contributed by atoms with Gasteiger partial charge in [-0.3, -0.25) is 4.79 Å². The van der Waals surface area contributed by atoms with E-state index in [0.29, 0.717) is 11.3 Å². The Balaban J connectivity index is 1.95. The molecule has 6 heteroatoms. The molecule has 116 valence electrons. The average molecular weight is 335 g/mol. The summed E-state index contributed by atoms with van der Waals surface area (Å²) in [7, 11) is -3.48. The van der Waals surface area contributed by atoms with Crippen LogP contribution in [0.15, 0.2) is 59.5 Å². The van der Waals surface area contributed by atoms with Gasteiger partial charge < -0.3 is 5.32 Å². The number of hydrogen-bond donors (Lipinski definition) is 1. The zero-order valence-electron chi connectivity index (χ0n) is 12.2. The highest BCUT2D eigenvalue weighted by Gasteiger charge is 2.17. The number of carbonyl (C=O) groups is 1. The van der Waals surface area contributed by atoms with E-state index in [1.54, 1.807) is 48.2 Å². The number of rotatable bonds is 6. The highest BCUT2D eigenvalue weighted by molar-refractivity contribution is 7.98. The van der Waals surface area contributed by atoms with Crippen molar-refractivity contribution >= 4 is 33.2 Å². The summed E-state index contributed by atoms with van der Waals surface area (Å²) in [5, 5.41) is 2.61. The summed E-state index contributed by atoms with van der Waals surface area (Å²) in [6, 6.07) is 16.1. The number of amides is 1. The standard InChI is InChI=1S/C16H17NO3S2/c1-21-15-9-7-14(8-10-15)17-16(18)12-22(19,20)11-13-5-3-2-4-6-13/h2-10H,11-12H2,1H3,(H,17,18). The van der Waals surface area contributed by atoms with Crippen molar-refractivity contribution in [2.45, 2.75) is 10.6 Å². The largest absolute Gasteiger partial charge is 0.325 e. The Bertz CT molecular complexity index is 726. The van der Waals surface area contributed by atoms with Gasteiger partial charge in [-0.25, -0.2) is 8.42 Å². The highest BCUT2D eigenvalue weighted by atomic mass is 32.2. The minimum atomic E-state index is -3.48. The first kappa shape index (κ1) is 16.6. The zero-order chi connectivity index (χ0) is 16.0. The maximum absolute atomic E-state index is 12.0. The molecule has 0 atom stereocenters. The number of nitrogens with one attached hydrogen (secondary N) is 1. The molecule has 0 fully saturated rings. The SMILES string of the molecule is CSc1ccc(NC(=O)CS(=O)(=O)Cc2ccccc2)cc1. The predicted octanol–water partition coefficient (Wildman–Crippen LogP) is 2.96. The van der Waals surface area contributed by atoms with Gasteiger partial charge in [-0.1, -0.05) is 30.3 Å². The van der Waals surface area contributed by atoms with Gasteiger partial charge in [0.25, 0.3) is 0 Å². The van der Waals surface area contributed by atoms with Crippen molar-refractivity contribution in [2.24, 2.45) is 0 Å². The monoisotopic (exact) mass is 335 g/mol. The van der Waals surface area contributed by atoms with Crippen molar-refractivity contribution in [3.05, 3.63) is 60.2 Å². The van der Waals surface area contributed by atoms with Gasteiger partial charge in [0.2, 0.25) is 5.91 Å². The topological polar surface area (TPSA) is 63.2 Å². The fourth-order valence-corrected chi connectivity index (χ4v) is 3.63. The van der Waals surface area contributed by atoms with Gasteiger partial charge in [0, 0.05) is 10.6 Å². The summed E-state index contributed by atoms with van der Waals surface area (Å²) >= 11 is 1.60. The molecule has 0 aliphatic heterocycles. The minimum absolute atomic E-state index is 0.132. The lowest BCUT2D eigenvalue weighted by Crippen LogP contribution is -2.23. The van der Waals surface area contributed by atoms with E-state index >= 15 is 0 Å². The molecule has 4 nitrogen and oxygen atoms in total. The number of benzene rings is 2. The molecule has 0 radical (unpaired) electrons. The number of hydrogen-bond acceptors (Lipinski definition) is 4. The van der Waals surface area contributed by atoms with Crippen LogP contribution < -0.4 is 5.32 Å². The second-order valence-electron chi connectivity index (χ2n) is 4.79. The van der Waals surface area contributed by atoms with Crippen LogP contribution in [0.25, 0.3) is 0 Å². The van der Waals surface area contributed by atoms with E-state index in [2.05, 4.69) is 5.32 Å². The van der Waals surface area contributed by atoms with E-state index in [4.69, 9.17) is 0 Å². The van der Waals surface area contributed by atoms with Crippen molar-refractivity contribution in [3.8, 4) is 0 Å². The Labute approximate surface area is 134 Å². The van der Waals surface area contributed by atoms with Gasteiger partial charge in [-0.15, -0.1) is 11.8 Å². The Morgan fingerprint density at radius 1 is 1.05 bits per heavy atom. The highest BCUT2D eigenvalue weighted by Crippen LogP contribution is 2.17. The van der Waals surface area contributed by atoms with Crippen LogP contribution in [-0.2, 0) is 20.4 Å². The molecule has 2 aromatic rings. The van der Waals surface area contributed by atoms with Crippen LogP contribution in [0.4, 0.5) is 5.69 Å². The normalized spacial score (nSPS) is 11.1. The van der Waals surface area contributed by atoms with Crippen LogP contribution in [0, 0.1) is 0 Å². The van der Waals surface area contributed by atoms with Crippen LogP contribution in [0.2, 0.25) is 0 Å². The number of thioether (sulfide) groups is 1. The molecule has 0 unspecified atom stereocenters. The van der Waals surface area contributed by atoms with E-state index in [1.165, 1.54) is 0 Å². The fourth-order valence-electron chi connectivity index (χ4n) is 1.95. The lowest BCUT2D eigenvalue weighted by atomic mass is 10.2. The Hall–Kier alpha value is -1.79. The third kappa shape index (κ3) is 5.20. The first-order valence-electron chi connectivity index (χ1n) is 6.67. The van der Waals surface area contributed by atoms with Gasteiger partial charge in [0.15, 0.2) is 9.84 Å². The molecule has 2 aromatic carbocycles. The quantitative estimate of drug-likeness (QED) is 0.825. The van der Waals surface area contributed by atoms with Crippen LogP contribution in [0.3, 0.4) is 0 Å². The maximum atomic E-state index is 12.0. The number of anilines is 1. The minimum Gasteiger partial charge on any atom is -0.325 e. The van der Waals surface area contributed by atoms with Crippen molar-refractivity contribution in [1.82, 2.24) is 0 Å². The smallest absolute Gasteiger partial charge is 0.239 e. The second-order valence-corrected chi connectivity index (χ2v) is 7.74. The molecule has 1 amide bonds. The fraction of sp³-hybridized carbons (Fsp3) is 0.188. The Kier molecular flexibility index (Phi) is 5.63. The van der Waals surface area contributed by atoms with E-state index in [0.717, 1.165) is 4.90 Å². The molecule has 0 aliphatic carbocycles. The van der Waals surface area contributed by atoms with Crippen LogP contribution >= 0.6 is 11.8 Å². The second kappa shape index (κ2) is 7.47. The van der Waals surface area contributed by atoms with E-state index in [9.17, 15) is 13.2 Å². The van der Waals surface area contributed by atoms with E-state index in [1.807, 2.05) is 24.5 Å². The summed E-state index contributed by atoms with van der Waals surface area (Å²) in [6.07, 6.45) is 1.96. The number of carbonyl (C=O) groups excluding carboxylic acids is 1. The van der Waals surface area contributed by atoms with Crippen molar-refractivity contribution in [1.29, 1.82) is 0 Å². The summed E-state index contributed by atoms with van der Waals surface area (Å²) in [6.45, 7) is 0. The molecule has 1 N–H and O–H groups in total. The molecular weight excluding hydrogens is 318 g/mol. The molecule has 0 saturated heterocycles. The first-order chi connectivity index (χ1) is 10.5. The number of sulfone groups is 1. The summed E-state index contributed by atoms with van der Waals surface area (Å²) in [5.41, 5.74) is 1.28. The van der Waals surface area contributed by atoms with Crippen LogP contribution in [0.5, 0.6) is 0 Å². The van der Waals surface area contributed by atoms with E-state index < -0.39 is 21.5 Å². The molecule has 0 spiro atoms. The van der Waals surface area contributed by atoms with Crippen molar-refractivity contribution in [3.63, 3.8) is 0 Å².